The van der Waals surface area contributed by atoms with Gasteiger partial charge >= 0.3 is 0 Å². The summed E-state index contributed by atoms with van der Waals surface area (Å²) in [5, 5.41) is 0. The second-order valence-corrected chi connectivity index (χ2v) is 4.18. The maximum atomic E-state index is 4.17. The molecule has 0 nitrogen and oxygen atoms in total. The van der Waals surface area contributed by atoms with E-state index in [-0.39, 0.29) is 0 Å². The molecule has 2 aliphatic carbocycles. The fourth-order valence-electron chi connectivity index (χ4n) is 2.48. The highest BCUT2D eigenvalue weighted by Crippen LogP contribution is 2.59. The lowest BCUT2D eigenvalue weighted by Crippen LogP contribution is -1.99. The smallest absolute Gasteiger partial charge is 0.0266 e. The summed E-state index contributed by atoms with van der Waals surface area (Å²) in [7, 11) is 0. The van der Waals surface area contributed by atoms with E-state index in [2.05, 4.69) is 6.92 Å². The average Bonchev–Trinajstić information content (AvgIpc) is 2.60. The predicted molar refractivity (Wildman–Crippen MR) is 43.6 cm³/mol. The molecule has 2 aliphatic rings. The van der Waals surface area contributed by atoms with E-state index in [1.165, 1.54) is 44.9 Å². The fourth-order valence-corrected chi connectivity index (χ4v) is 2.48. The molecular formula is C10H17. The SMILES string of the molecule is [CH2]C1CC12CCCCCC2. The van der Waals surface area contributed by atoms with Gasteiger partial charge in [-0.3, -0.25) is 0 Å². The molecule has 0 aliphatic heterocycles. The zero-order chi connectivity index (χ0) is 7.03. The summed E-state index contributed by atoms with van der Waals surface area (Å²) < 4.78 is 0. The third-order valence-electron chi connectivity index (χ3n) is 3.46. The van der Waals surface area contributed by atoms with Crippen LogP contribution in [0.2, 0.25) is 0 Å². The Bertz CT molecular complexity index is 118. The number of rotatable bonds is 0. The molecule has 2 fully saturated rings. The highest BCUT2D eigenvalue weighted by molar-refractivity contribution is 5.03. The molecule has 0 aromatic rings. The van der Waals surface area contributed by atoms with Crippen molar-refractivity contribution >= 4 is 0 Å². The summed E-state index contributed by atoms with van der Waals surface area (Å²) in [6, 6.07) is 0. The van der Waals surface area contributed by atoms with Crippen molar-refractivity contribution in [1.82, 2.24) is 0 Å². The molecule has 0 heteroatoms. The van der Waals surface area contributed by atoms with Gasteiger partial charge in [-0.2, -0.15) is 0 Å². The minimum Gasteiger partial charge on any atom is -0.0533 e. The van der Waals surface area contributed by atoms with Crippen LogP contribution in [0.25, 0.3) is 0 Å². The first-order chi connectivity index (χ1) is 4.83. The second-order valence-electron chi connectivity index (χ2n) is 4.18. The Morgan fingerprint density at radius 3 is 1.90 bits per heavy atom. The molecule has 0 heterocycles. The number of hydrogen-bond acceptors (Lipinski definition) is 0. The van der Waals surface area contributed by atoms with Crippen molar-refractivity contribution in [2.24, 2.45) is 11.3 Å². The van der Waals surface area contributed by atoms with Gasteiger partial charge in [-0.25, -0.2) is 0 Å². The third-order valence-corrected chi connectivity index (χ3v) is 3.46. The lowest BCUT2D eigenvalue weighted by atomic mass is 9.95. The predicted octanol–water partition coefficient (Wildman–Crippen LogP) is 3.18. The van der Waals surface area contributed by atoms with E-state index in [1.54, 1.807) is 0 Å². The van der Waals surface area contributed by atoms with Crippen molar-refractivity contribution in [3.8, 4) is 0 Å². The molecule has 1 spiro atoms. The first-order valence-electron chi connectivity index (χ1n) is 4.67. The maximum Gasteiger partial charge on any atom is -0.0266 e. The summed E-state index contributed by atoms with van der Waals surface area (Å²) in [6.07, 6.45) is 10.3. The molecule has 0 amide bonds. The molecule has 0 bridgehead atoms. The fraction of sp³-hybridized carbons (Fsp3) is 0.900. The maximum absolute atomic E-state index is 4.17. The van der Waals surface area contributed by atoms with Crippen LogP contribution in [0, 0.1) is 18.3 Å². The quantitative estimate of drug-likeness (QED) is 0.481. The van der Waals surface area contributed by atoms with Crippen molar-refractivity contribution in [3.05, 3.63) is 6.92 Å². The first kappa shape index (κ1) is 6.69. The van der Waals surface area contributed by atoms with E-state index in [4.69, 9.17) is 0 Å². The van der Waals surface area contributed by atoms with Crippen molar-refractivity contribution in [1.29, 1.82) is 0 Å². The summed E-state index contributed by atoms with van der Waals surface area (Å²) in [6.45, 7) is 4.17. The Morgan fingerprint density at radius 2 is 1.50 bits per heavy atom. The lowest BCUT2D eigenvalue weighted by molar-refractivity contribution is 0.414. The van der Waals surface area contributed by atoms with Crippen LogP contribution in [0.4, 0.5) is 0 Å². The molecule has 1 unspecified atom stereocenters. The van der Waals surface area contributed by atoms with E-state index < -0.39 is 0 Å². The Balaban J connectivity index is 1.95. The Morgan fingerprint density at radius 1 is 1.00 bits per heavy atom. The van der Waals surface area contributed by atoms with Crippen molar-refractivity contribution < 1.29 is 0 Å². The van der Waals surface area contributed by atoms with Crippen LogP contribution in [0.3, 0.4) is 0 Å². The standard InChI is InChI=1S/C10H17/c1-9-8-10(9)6-4-2-3-5-7-10/h9H,1-8H2. The molecule has 0 N–H and O–H groups in total. The van der Waals surface area contributed by atoms with E-state index in [0.717, 1.165) is 11.3 Å². The van der Waals surface area contributed by atoms with Gasteiger partial charge in [0.15, 0.2) is 0 Å². The topological polar surface area (TPSA) is 0 Å². The Kier molecular flexibility index (Phi) is 1.51. The molecule has 2 saturated carbocycles. The van der Waals surface area contributed by atoms with Crippen LogP contribution in [0.1, 0.15) is 44.9 Å². The van der Waals surface area contributed by atoms with Gasteiger partial charge in [-0.1, -0.05) is 25.7 Å². The zero-order valence-corrected chi connectivity index (χ0v) is 6.73. The van der Waals surface area contributed by atoms with Gasteiger partial charge < -0.3 is 0 Å². The molecule has 10 heavy (non-hydrogen) atoms. The molecule has 1 radical (unpaired) electrons. The van der Waals surface area contributed by atoms with Crippen LogP contribution in [-0.4, -0.2) is 0 Å². The normalized spacial score (nSPS) is 37.5. The van der Waals surface area contributed by atoms with Crippen LogP contribution in [0.15, 0.2) is 0 Å². The highest BCUT2D eigenvalue weighted by atomic mass is 14.5. The van der Waals surface area contributed by atoms with Gasteiger partial charge in [0.2, 0.25) is 0 Å². The first-order valence-corrected chi connectivity index (χ1v) is 4.67. The highest BCUT2D eigenvalue weighted by Gasteiger charge is 2.49. The van der Waals surface area contributed by atoms with Crippen LogP contribution in [0.5, 0.6) is 0 Å². The van der Waals surface area contributed by atoms with Gasteiger partial charge in [-0.05, 0) is 37.5 Å². The van der Waals surface area contributed by atoms with Gasteiger partial charge in [0.05, 0.1) is 0 Å². The van der Waals surface area contributed by atoms with Gasteiger partial charge in [-0.15, -0.1) is 0 Å². The molecule has 1 atom stereocenters. The van der Waals surface area contributed by atoms with E-state index in [1.807, 2.05) is 0 Å². The Labute approximate surface area is 64.0 Å². The second kappa shape index (κ2) is 2.25. The minimum atomic E-state index is 0.760. The van der Waals surface area contributed by atoms with Crippen LogP contribution in [-0.2, 0) is 0 Å². The minimum absolute atomic E-state index is 0.760. The van der Waals surface area contributed by atoms with E-state index in [9.17, 15) is 0 Å². The van der Waals surface area contributed by atoms with Crippen LogP contribution >= 0.6 is 0 Å². The number of hydrogen-bond donors (Lipinski definition) is 0. The van der Waals surface area contributed by atoms with E-state index in [0.29, 0.717) is 0 Å². The largest absolute Gasteiger partial charge is 0.0533 e. The van der Waals surface area contributed by atoms with Gasteiger partial charge in [0.25, 0.3) is 0 Å². The van der Waals surface area contributed by atoms with Crippen molar-refractivity contribution in [2.45, 2.75) is 44.9 Å². The van der Waals surface area contributed by atoms with Crippen molar-refractivity contribution in [2.75, 3.05) is 0 Å². The van der Waals surface area contributed by atoms with Crippen LogP contribution < -0.4 is 0 Å². The molecule has 0 aromatic heterocycles. The molecular weight excluding hydrogens is 120 g/mol. The summed E-state index contributed by atoms with van der Waals surface area (Å²) in [5.74, 6) is 0.825. The molecule has 57 valence electrons. The third kappa shape index (κ3) is 0.980. The lowest BCUT2D eigenvalue weighted by Gasteiger charge is -2.10. The van der Waals surface area contributed by atoms with Gasteiger partial charge in [0.1, 0.15) is 0 Å². The van der Waals surface area contributed by atoms with Crippen molar-refractivity contribution in [3.63, 3.8) is 0 Å². The average molecular weight is 137 g/mol. The molecule has 2 rings (SSSR count). The van der Waals surface area contributed by atoms with Gasteiger partial charge in [0, 0.05) is 0 Å². The summed E-state index contributed by atoms with van der Waals surface area (Å²) in [5.41, 5.74) is 0.760. The zero-order valence-electron chi connectivity index (χ0n) is 6.73. The Hall–Kier alpha value is 0. The summed E-state index contributed by atoms with van der Waals surface area (Å²) in [4.78, 5) is 0. The monoisotopic (exact) mass is 137 g/mol. The molecule has 0 saturated heterocycles. The molecule has 0 aromatic carbocycles. The summed E-state index contributed by atoms with van der Waals surface area (Å²) >= 11 is 0. The van der Waals surface area contributed by atoms with E-state index >= 15 is 0 Å².